The topological polar surface area (TPSA) is 47.0 Å². The van der Waals surface area contributed by atoms with Gasteiger partial charge < -0.3 is 10.1 Å². The Bertz CT molecular complexity index is 594. The highest BCUT2D eigenvalue weighted by atomic mass is 16.5. The summed E-state index contributed by atoms with van der Waals surface area (Å²) in [6.45, 7) is 2.71. The SMILES string of the molecule is CNC1(COc2cnc(C)c(-c3ccncc3)c2)CC1. The lowest BCUT2D eigenvalue weighted by atomic mass is 10.1. The van der Waals surface area contributed by atoms with Crippen LogP contribution in [0.15, 0.2) is 36.8 Å². The first-order valence-corrected chi connectivity index (χ1v) is 6.91. The molecule has 0 bridgehead atoms. The van der Waals surface area contributed by atoms with E-state index in [4.69, 9.17) is 4.74 Å². The lowest BCUT2D eigenvalue weighted by molar-refractivity contribution is 0.259. The van der Waals surface area contributed by atoms with Crippen LogP contribution < -0.4 is 10.1 Å². The fourth-order valence-corrected chi connectivity index (χ4v) is 2.26. The Morgan fingerprint density at radius 1 is 1.30 bits per heavy atom. The molecule has 1 saturated carbocycles. The lowest BCUT2D eigenvalue weighted by Gasteiger charge is -2.16. The summed E-state index contributed by atoms with van der Waals surface area (Å²) < 4.78 is 5.90. The quantitative estimate of drug-likeness (QED) is 0.906. The number of aryl methyl sites for hydroxylation is 1. The summed E-state index contributed by atoms with van der Waals surface area (Å²) in [5.41, 5.74) is 3.39. The van der Waals surface area contributed by atoms with Crippen LogP contribution in [0.25, 0.3) is 11.1 Å². The third kappa shape index (κ3) is 2.65. The predicted molar refractivity (Wildman–Crippen MR) is 78.7 cm³/mol. The Morgan fingerprint density at radius 2 is 2.05 bits per heavy atom. The van der Waals surface area contributed by atoms with Crippen molar-refractivity contribution < 1.29 is 4.74 Å². The summed E-state index contributed by atoms with van der Waals surface area (Å²) in [5.74, 6) is 0.823. The van der Waals surface area contributed by atoms with Crippen molar-refractivity contribution >= 4 is 0 Å². The van der Waals surface area contributed by atoms with Crippen LogP contribution in [0.4, 0.5) is 0 Å². The number of nitrogens with zero attached hydrogens (tertiary/aromatic N) is 2. The average Bonchev–Trinajstić information content (AvgIpc) is 3.28. The van der Waals surface area contributed by atoms with Gasteiger partial charge in [-0.1, -0.05) is 0 Å². The molecule has 3 rings (SSSR count). The van der Waals surface area contributed by atoms with Gasteiger partial charge in [0.2, 0.25) is 0 Å². The average molecular weight is 269 g/mol. The monoisotopic (exact) mass is 269 g/mol. The van der Waals surface area contributed by atoms with E-state index in [0.717, 1.165) is 22.6 Å². The highest BCUT2D eigenvalue weighted by Gasteiger charge is 2.41. The number of hydrogen-bond donors (Lipinski definition) is 1. The van der Waals surface area contributed by atoms with Crippen molar-refractivity contribution in [1.82, 2.24) is 15.3 Å². The van der Waals surface area contributed by atoms with Gasteiger partial charge in [0, 0.05) is 23.7 Å². The Balaban J connectivity index is 1.80. The van der Waals surface area contributed by atoms with E-state index in [0.29, 0.717) is 6.61 Å². The molecule has 0 unspecified atom stereocenters. The van der Waals surface area contributed by atoms with Crippen molar-refractivity contribution in [2.45, 2.75) is 25.3 Å². The summed E-state index contributed by atoms with van der Waals surface area (Å²) in [7, 11) is 1.99. The molecule has 0 atom stereocenters. The molecule has 4 heteroatoms. The second-order valence-electron chi connectivity index (χ2n) is 5.36. The van der Waals surface area contributed by atoms with Gasteiger partial charge in [0.15, 0.2) is 0 Å². The van der Waals surface area contributed by atoms with Gasteiger partial charge in [-0.05, 0) is 50.6 Å². The molecule has 104 valence electrons. The minimum absolute atomic E-state index is 0.182. The Morgan fingerprint density at radius 3 is 2.70 bits per heavy atom. The third-order valence-electron chi connectivity index (χ3n) is 3.95. The second kappa shape index (κ2) is 5.21. The first-order valence-electron chi connectivity index (χ1n) is 6.91. The van der Waals surface area contributed by atoms with E-state index in [1.165, 1.54) is 12.8 Å². The molecule has 0 amide bonds. The number of ether oxygens (including phenoxy) is 1. The first kappa shape index (κ1) is 13.1. The van der Waals surface area contributed by atoms with Crippen LogP contribution in [0.2, 0.25) is 0 Å². The van der Waals surface area contributed by atoms with E-state index in [1.54, 1.807) is 18.6 Å². The molecule has 2 aromatic heterocycles. The standard InChI is InChI=1S/C16H19N3O/c1-12-15(13-3-7-18-8-4-13)9-14(10-19-12)20-11-16(17-2)5-6-16/h3-4,7-10,17H,5-6,11H2,1-2H3. The van der Waals surface area contributed by atoms with Crippen LogP contribution in [0.3, 0.4) is 0 Å². The van der Waals surface area contributed by atoms with Crippen molar-refractivity contribution in [2.75, 3.05) is 13.7 Å². The van der Waals surface area contributed by atoms with Crippen LogP contribution in [-0.4, -0.2) is 29.2 Å². The van der Waals surface area contributed by atoms with Crippen LogP contribution in [0.5, 0.6) is 5.75 Å². The molecule has 1 aliphatic carbocycles. The molecule has 2 heterocycles. The largest absolute Gasteiger partial charge is 0.490 e. The predicted octanol–water partition coefficient (Wildman–Crippen LogP) is 2.58. The molecular weight excluding hydrogens is 250 g/mol. The fourth-order valence-electron chi connectivity index (χ4n) is 2.26. The highest BCUT2D eigenvalue weighted by molar-refractivity contribution is 5.66. The van der Waals surface area contributed by atoms with Crippen molar-refractivity contribution in [2.24, 2.45) is 0 Å². The zero-order chi connectivity index (χ0) is 14.0. The van der Waals surface area contributed by atoms with E-state index in [9.17, 15) is 0 Å². The van der Waals surface area contributed by atoms with Gasteiger partial charge >= 0.3 is 0 Å². The lowest BCUT2D eigenvalue weighted by Crippen LogP contribution is -2.33. The molecule has 0 radical (unpaired) electrons. The van der Waals surface area contributed by atoms with E-state index in [1.807, 2.05) is 26.1 Å². The van der Waals surface area contributed by atoms with Crippen LogP contribution in [0, 0.1) is 6.92 Å². The number of nitrogens with one attached hydrogen (secondary N) is 1. The highest BCUT2D eigenvalue weighted by Crippen LogP contribution is 2.35. The maximum atomic E-state index is 5.90. The van der Waals surface area contributed by atoms with Gasteiger partial charge in [-0.2, -0.15) is 0 Å². The van der Waals surface area contributed by atoms with Crippen molar-refractivity contribution in [3.05, 3.63) is 42.5 Å². The van der Waals surface area contributed by atoms with Crippen LogP contribution >= 0.6 is 0 Å². The van der Waals surface area contributed by atoms with Crippen molar-refractivity contribution in [3.63, 3.8) is 0 Å². The Labute approximate surface area is 119 Å². The molecule has 0 spiro atoms. The summed E-state index contributed by atoms with van der Waals surface area (Å²) >= 11 is 0. The summed E-state index contributed by atoms with van der Waals surface area (Å²) in [5, 5.41) is 3.33. The van der Waals surface area contributed by atoms with Gasteiger partial charge in [0.05, 0.1) is 11.7 Å². The smallest absolute Gasteiger partial charge is 0.138 e. The Hall–Kier alpha value is -1.94. The van der Waals surface area contributed by atoms with Crippen molar-refractivity contribution in [3.8, 4) is 16.9 Å². The van der Waals surface area contributed by atoms with Gasteiger partial charge in [-0.3, -0.25) is 9.97 Å². The molecule has 20 heavy (non-hydrogen) atoms. The molecule has 4 nitrogen and oxygen atoms in total. The van der Waals surface area contributed by atoms with Gasteiger partial charge in [-0.15, -0.1) is 0 Å². The van der Waals surface area contributed by atoms with Crippen LogP contribution in [-0.2, 0) is 0 Å². The summed E-state index contributed by atoms with van der Waals surface area (Å²) in [6.07, 6.45) is 7.75. The maximum absolute atomic E-state index is 5.90. The molecule has 1 aliphatic rings. The maximum Gasteiger partial charge on any atom is 0.138 e. The number of pyridine rings is 2. The molecule has 0 aliphatic heterocycles. The second-order valence-corrected chi connectivity index (χ2v) is 5.36. The molecule has 0 aromatic carbocycles. The van der Waals surface area contributed by atoms with Gasteiger partial charge in [0.25, 0.3) is 0 Å². The molecule has 1 fully saturated rings. The minimum Gasteiger partial charge on any atom is -0.490 e. The van der Waals surface area contributed by atoms with Crippen LogP contribution in [0.1, 0.15) is 18.5 Å². The normalized spacial score (nSPS) is 15.9. The third-order valence-corrected chi connectivity index (χ3v) is 3.95. The number of hydrogen-bond acceptors (Lipinski definition) is 4. The van der Waals surface area contributed by atoms with Crippen molar-refractivity contribution in [1.29, 1.82) is 0 Å². The summed E-state index contributed by atoms with van der Waals surface area (Å²) in [4.78, 5) is 8.49. The number of likely N-dealkylation sites (N-methyl/N-ethyl adjacent to an activating group) is 1. The van der Waals surface area contributed by atoms with Gasteiger partial charge in [0.1, 0.15) is 12.4 Å². The minimum atomic E-state index is 0.182. The van der Waals surface area contributed by atoms with E-state index < -0.39 is 0 Å². The Kier molecular flexibility index (Phi) is 3.40. The van der Waals surface area contributed by atoms with Gasteiger partial charge in [-0.25, -0.2) is 0 Å². The number of rotatable bonds is 5. The zero-order valence-corrected chi connectivity index (χ0v) is 11.9. The summed E-state index contributed by atoms with van der Waals surface area (Å²) in [6, 6.07) is 6.04. The zero-order valence-electron chi connectivity index (χ0n) is 11.9. The molecule has 0 saturated heterocycles. The van der Waals surface area contributed by atoms with E-state index in [2.05, 4.69) is 21.4 Å². The molecular formula is C16H19N3O. The fraction of sp³-hybridized carbons (Fsp3) is 0.375. The molecule has 1 N–H and O–H groups in total. The number of aromatic nitrogens is 2. The first-order chi connectivity index (χ1) is 9.72. The van der Waals surface area contributed by atoms with E-state index in [-0.39, 0.29) is 5.54 Å². The van der Waals surface area contributed by atoms with E-state index >= 15 is 0 Å². The molecule has 2 aromatic rings.